The maximum atomic E-state index is 3.90. The lowest BCUT2D eigenvalue weighted by molar-refractivity contribution is 0.983. The first kappa shape index (κ1) is 5.41. The minimum Gasteiger partial charge on any atom is -0.342 e. The first-order valence-corrected chi connectivity index (χ1v) is 3.15. The summed E-state index contributed by atoms with van der Waals surface area (Å²) >= 11 is 0. The van der Waals surface area contributed by atoms with E-state index in [1.807, 2.05) is 6.20 Å². The zero-order valence-electron chi connectivity index (χ0n) is 5.44. The fourth-order valence-corrected chi connectivity index (χ4v) is 0.842. The van der Waals surface area contributed by atoms with Gasteiger partial charge in [-0.2, -0.15) is 0 Å². The molecule has 0 radical (unpaired) electrons. The molecule has 1 aromatic rings. The largest absolute Gasteiger partial charge is 0.342 e. The SMILES string of the molecule is C1=CN(c2cncnc2)C1. The van der Waals surface area contributed by atoms with E-state index in [9.17, 15) is 0 Å². The monoisotopic (exact) mass is 133 g/mol. The molecule has 0 spiro atoms. The van der Waals surface area contributed by atoms with Gasteiger partial charge in [-0.25, -0.2) is 9.97 Å². The van der Waals surface area contributed by atoms with Crippen LogP contribution in [0.15, 0.2) is 31.0 Å². The lowest BCUT2D eigenvalue weighted by Crippen LogP contribution is -2.23. The lowest BCUT2D eigenvalue weighted by Gasteiger charge is -2.23. The number of rotatable bonds is 1. The fourth-order valence-electron chi connectivity index (χ4n) is 0.842. The Hall–Kier alpha value is -1.38. The summed E-state index contributed by atoms with van der Waals surface area (Å²) in [6.07, 6.45) is 9.24. The molecule has 1 aromatic heterocycles. The molecule has 1 aliphatic heterocycles. The summed E-state index contributed by atoms with van der Waals surface area (Å²) in [5.41, 5.74) is 1.06. The Balaban J connectivity index is 2.26. The third-order valence-corrected chi connectivity index (χ3v) is 1.47. The summed E-state index contributed by atoms with van der Waals surface area (Å²) in [4.78, 5) is 9.89. The van der Waals surface area contributed by atoms with Crippen LogP contribution in [0.4, 0.5) is 5.69 Å². The molecule has 0 saturated heterocycles. The minimum atomic E-state index is 0.980. The molecular weight excluding hydrogens is 126 g/mol. The van der Waals surface area contributed by atoms with E-state index in [1.165, 1.54) is 6.33 Å². The molecule has 0 unspecified atom stereocenters. The number of aromatic nitrogens is 2. The van der Waals surface area contributed by atoms with E-state index in [-0.39, 0.29) is 0 Å². The summed E-state index contributed by atoms with van der Waals surface area (Å²) < 4.78 is 0. The maximum Gasteiger partial charge on any atom is 0.115 e. The molecular formula is C7H7N3. The second-order valence-corrected chi connectivity index (χ2v) is 2.13. The summed E-state index contributed by atoms with van der Waals surface area (Å²) in [7, 11) is 0. The van der Waals surface area contributed by atoms with Crippen molar-refractivity contribution in [3.05, 3.63) is 31.0 Å². The van der Waals surface area contributed by atoms with Crippen LogP contribution >= 0.6 is 0 Å². The fraction of sp³-hybridized carbons (Fsp3) is 0.143. The van der Waals surface area contributed by atoms with Gasteiger partial charge in [0.05, 0.1) is 18.1 Å². The number of nitrogens with zero attached hydrogens (tertiary/aromatic N) is 3. The summed E-state index contributed by atoms with van der Waals surface area (Å²) in [5.74, 6) is 0. The van der Waals surface area contributed by atoms with Crippen molar-refractivity contribution in [2.75, 3.05) is 11.4 Å². The Morgan fingerprint density at radius 3 is 2.50 bits per heavy atom. The Bertz CT molecular complexity index is 242. The van der Waals surface area contributed by atoms with Gasteiger partial charge in [0.2, 0.25) is 0 Å². The number of hydrogen-bond donors (Lipinski definition) is 0. The maximum absolute atomic E-state index is 3.90. The summed E-state index contributed by atoms with van der Waals surface area (Å²) in [5, 5.41) is 0. The second-order valence-electron chi connectivity index (χ2n) is 2.13. The quantitative estimate of drug-likeness (QED) is 0.567. The van der Waals surface area contributed by atoms with Gasteiger partial charge in [-0.15, -0.1) is 0 Å². The van der Waals surface area contributed by atoms with Crippen molar-refractivity contribution >= 4 is 5.69 Å². The molecule has 1 aliphatic rings. The van der Waals surface area contributed by atoms with Crippen LogP contribution in [0, 0.1) is 0 Å². The van der Waals surface area contributed by atoms with E-state index in [0.29, 0.717) is 0 Å². The van der Waals surface area contributed by atoms with E-state index in [4.69, 9.17) is 0 Å². The lowest BCUT2D eigenvalue weighted by atomic mass is 10.3. The van der Waals surface area contributed by atoms with Crippen molar-refractivity contribution in [2.24, 2.45) is 0 Å². The zero-order valence-corrected chi connectivity index (χ0v) is 5.44. The van der Waals surface area contributed by atoms with E-state index in [2.05, 4.69) is 20.9 Å². The molecule has 2 heterocycles. The van der Waals surface area contributed by atoms with Crippen LogP contribution in [0.2, 0.25) is 0 Å². The molecule has 0 saturated carbocycles. The summed E-state index contributed by atoms with van der Waals surface area (Å²) in [6.45, 7) is 0.980. The van der Waals surface area contributed by atoms with Gasteiger partial charge in [-0.3, -0.25) is 0 Å². The van der Waals surface area contributed by atoms with Gasteiger partial charge < -0.3 is 4.90 Å². The average Bonchev–Trinajstić information content (AvgIpc) is 1.86. The predicted octanol–water partition coefficient (Wildman–Crippen LogP) is 0.810. The van der Waals surface area contributed by atoms with Crippen molar-refractivity contribution in [1.29, 1.82) is 0 Å². The van der Waals surface area contributed by atoms with Crippen LogP contribution in [0.1, 0.15) is 0 Å². The molecule has 2 rings (SSSR count). The van der Waals surface area contributed by atoms with Crippen molar-refractivity contribution in [3.8, 4) is 0 Å². The van der Waals surface area contributed by atoms with Crippen LogP contribution < -0.4 is 4.90 Å². The van der Waals surface area contributed by atoms with Crippen molar-refractivity contribution in [3.63, 3.8) is 0 Å². The van der Waals surface area contributed by atoms with E-state index < -0.39 is 0 Å². The molecule has 10 heavy (non-hydrogen) atoms. The molecule has 0 atom stereocenters. The first-order chi connectivity index (χ1) is 4.97. The van der Waals surface area contributed by atoms with Gasteiger partial charge in [0, 0.05) is 12.7 Å². The number of anilines is 1. The highest BCUT2D eigenvalue weighted by Gasteiger charge is 2.06. The standard InChI is InChI=1S/C7H7N3/c1-2-10(3-1)7-4-8-6-9-5-7/h1-2,4-6H,3H2. The smallest absolute Gasteiger partial charge is 0.115 e. The summed E-state index contributed by atoms with van der Waals surface area (Å²) in [6, 6.07) is 0. The molecule has 3 nitrogen and oxygen atoms in total. The van der Waals surface area contributed by atoms with Crippen molar-refractivity contribution < 1.29 is 0 Å². The van der Waals surface area contributed by atoms with Crippen LogP contribution in [0.3, 0.4) is 0 Å². The molecule has 3 heteroatoms. The minimum absolute atomic E-state index is 0.980. The van der Waals surface area contributed by atoms with E-state index in [1.54, 1.807) is 12.4 Å². The molecule has 50 valence electrons. The van der Waals surface area contributed by atoms with Crippen molar-refractivity contribution in [2.45, 2.75) is 0 Å². The molecule has 0 bridgehead atoms. The van der Waals surface area contributed by atoms with Gasteiger partial charge in [-0.1, -0.05) is 0 Å². The Morgan fingerprint density at radius 2 is 2.00 bits per heavy atom. The Labute approximate surface area is 59.0 Å². The highest BCUT2D eigenvalue weighted by atomic mass is 15.2. The van der Waals surface area contributed by atoms with Crippen LogP contribution in [-0.4, -0.2) is 16.5 Å². The molecule has 0 amide bonds. The molecule has 0 aliphatic carbocycles. The Kier molecular flexibility index (Phi) is 1.13. The third kappa shape index (κ3) is 0.757. The first-order valence-electron chi connectivity index (χ1n) is 3.15. The van der Waals surface area contributed by atoms with Gasteiger partial charge in [0.15, 0.2) is 0 Å². The highest BCUT2D eigenvalue weighted by molar-refractivity contribution is 5.49. The zero-order chi connectivity index (χ0) is 6.81. The Morgan fingerprint density at radius 1 is 1.30 bits per heavy atom. The van der Waals surface area contributed by atoms with Gasteiger partial charge in [-0.05, 0) is 6.08 Å². The number of hydrogen-bond acceptors (Lipinski definition) is 3. The topological polar surface area (TPSA) is 29.0 Å². The van der Waals surface area contributed by atoms with Gasteiger partial charge >= 0.3 is 0 Å². The van der Waals surface area contributed by atoms with Crippen molar-refractivity contribution in [1.82, 2.24) is 9.97 Å². The van der Waals surface area contributed by atoms with Crippen LogP contribution in [0.25, 0.3) is 0 Å². The predicted molar refractivity (Wildman–Crippen MR) is 38.5 cm³/mol. The average molecular weight is 133 g/mol. The molecule has 0 fully saturated rings. The van der Waals surface area contributed by atoms with Crippen LogP contribution in [-0.2, 0) is 0 Å². The normalized spacial score (nSPS) is 15.0. The van der Waals surface area contributed by atoms with E-state index in [0.717, 1.165) is 12.2 Å². The van der Waals surface area contributed by atoms with E-state index >= 15 is 0 Å². The van der Waals surface area contributed by atoms with Crippen LogP contribution in [0.5, 0.6) is 0 Å². The molecule has 0 aromatic carbocycles. The highest BCUT2D eigenvalue weighted by Crippen LogP contribution is 2.14. The second kappa shape index (κ2) is 2.10. The van der Waals surface area contributed by atoms with Gasteiger partial charge in [0.1, 0.15) is 6.33 Å². The van der Waals surface area contributed by atoms with Gasteiger partial charge in [0.25, 0.3) is 0 Å². The molecule has 0 N–H and O–H groups in total. The third-order valence-electron chi connectivity index (χ3n) is 1.47.